The van der Waals surface area contributed by atoms with E-state index in [4.69, 9.17) is 4.74 Å². The van der Waals surface area contributed by atoms with Crippen molar-refractivity contribution in [3.63, 3.8) is 0 Å². The predicted octanol–water partition coefficient (Wildman–Crippen LogP) is 3.33. The molecule has 0 bridgehead atoms. The molecule has 102 valence electrons. The molecule has 20 heavy (non-hydrogen) atoms. The maximum Gasteiger partial charge on any atom is 0.213 e. The molecule has 0 aromatic carbocycles. The van der Waals surface area contributed by atoms with Gasteiger partial charge in [0.1, 0.15) is 0 Å². The maximum atomic E-state index is 5.25. The number of ether oxygens (including phenoxy) is 1. The maximum absolute atomic E-state index is 5.25. The fourth-order valence-electron chi connectivity index (χ4n) is 2.40. The van der Waals surface area contributed by atoms with Crippen LogP contribution >= 0.6 is 0 Å². The van der Waals surface area contributed by atoms with E-state index in [1.54, 1.807) is 7.11 Å². The zero-order valence-corrected chi connectivity index (χ0v) is 12.1. The second-order valence-corrected chi connectivity index (χ2v) is 5.00. The Labute approximate surface area is 118 Å². The average molecular weight is 267 g/mol. The first-order chi connectivity index (χ1) is 9.60. The lowest BCUT2D eigenvalue weighted by atomic mass is 10.1. The lowest BCUT2D eigenvalue weighted by Gasteiger charge is -2.06. The Kier molecular flexibility index (Phi) is 2.93. The van der Waals surface area contributed by atoms with Gasteiger partial charge in [-0.25, -0.2) is 9.50 Å². The largest absolute Gasteiger partial charge is 0.481 e. The zero-order valence-electron chi connectivity index (χ0n) is 12.1. The molecule has 3 heterocycles. The summed E-state index contributed by atoms with van der Waals surface area (Å²) in [7, 11) is 1.63. The van der Waals surface area contributed by atoms with Gasteiger partial charge in [0.2, 0.25) is 5.88 Å². The fourth-order valence-corrected chi connectivity index (χ4v) is 2.40. The van der Waals surface area contributed by atoms with E-state index < -0.39 is 0 Å². The highest BCUT2D eigenvalue weighted by molar-refractivity contribution is 5.80. The first-order valence-corrected chi connectivity index (χ1v) is 6.57. The second kappa shape index (κ2) is 4.63. The van der Waals surface area contributed by atoms with E-state index in [0.29, 0.717) is 5.88 Å². The molecule has 4 heteroatoms. The number of nitrogens with zero attached hydrogens (tertiary/aromatic N) is 3. The standard InChI is InChI=1S/C16H17N3O/c1-10-5-6-15-14(9-17-19(15)12(10)3)13-7-11(2)18-16(8-13)20-4/h5-9H,1-4H3. The highest BCUT2D eigenvalue weighted by Gasteiger charge is 2.11. The molecular weight excluding hydrogens is 250 g/mol. The van der Waals surface area contributed by atoms with E-state index in [9.17, 15) is 0 Å². The quantitative estimate of drug-likeness (QED) is 0.715. The molecule has 0 spiro atoms. The van der Waals surface area contributed by atoms with Crippen LogP contribution in [0.5, 0.6) is 5.88 Å². The van der Waals surface area contributed by atoms with E-state index >= 15 is 0 Å². The molecule has 0 atom stereocenters. The molecule has 0 fully saturated rings. The Morgan fingerprint density at radius 3 is 2.65 bits per heavy atom. The summed E-state index contributed by atoms with van der Waals surface area (Å²) in [4.78, 5) is 4.32. The van der Waals surface area contributed by atoms with Crippen molar-refractivity contribution in [1.29, 1.82) is 0 Å². The van der Waals surface area contributed by atoms with Crippen molar-refractivity contribution in [3.8, 4) is 17.0 Å². The molecule has 3 rings (SSSR count). The molecular formula is C16H17N3O. The summed E-state index contributed by atoms with van der Waals surface area (Å²) in [6.45, 7) is 6.14. The number of methoxy groups -OCH3 is 1. The van der Waals surface area contributed by atoms with Gasteiger partial charge in [-0.15, -0.1) is 0 Å². The van der Waals surface area contributed by atoms with Gasteiger partial charge in [-0.05, 0) is 44.0 Å². The third-order valence-electron chi connectivity index (χ3n) is 3.64. The van der Waals surface area contributed by atoms with E-state index in [0.717, 1.165) is 28.0 Å². The van der Waals surface area contributed by atoms with Crippen molar-refractivity contribution in [2.45, 2.75) is 20.8 Å². The number of hydrogen-bond acceptors (Lipinski definition) is 3. The number of fused-ring (bicyclic) bond motifs is 1. The van der Waals surface area contributed by atoms with Gasteiger partial charge in [0, 0.05) is 23.0 Å². The van der Waals surface area contributed by atoms with Crippen LogP contribution < -0.4 is 4.74 Å². The van der Waals surface area contributed by atoms with Crippen molar-refractivity contribution in [1.82, 2.24) is 14.6 Å². The van der Waals surface area contributed by atoms with Gasteiger partial charge in [-0.1, -0.05) is 6.07 Å². The summed E-state index contributed by atoms with van der Waals surface area (Å²) in [5, 5.41) is 4.50. The van der Waals surface area contributed by atoms with Crippen molar-refractivity contribution in [2.24, 2.45) is 0 Å². The SMILES string of the molecule is COc1cc(-c2cnn3c(C)c(C)ccc23)cc(C)n1. The summed E-state index contributed by atoms with van der Waals surface area (Å²) in [5.74, 6) is 0.628. The minimum absolute atomic E-state index is 0.628. The molecule has 0 aliphatic rings. The second-order valence-electron chi connectivity index (χ2n) is 5.00. The Hall–Kier alpha value is -2.36. The van der Waals surface area contributed by atoms with Crippen molar-refractivity contribution in [2.75, 3.05) is 7.11 Å². The summed E-state index contributed by atoms with van der Waals surface area (Å²) in [6, 6.07) is 8.22. The van der Waals surface area contributed by atoms with Crippen molar-refractivity contribution < 1.29 is 4.74 Å². The van der Waals surface area contributed by atoms with Crippen LogP contribution in [0.15, 0.2) is 30.5 Å². The topological polar surface area (TPSA) is 39.4 Å². The molecule has 0 N–H and O–H groups in total. The highest BCUT2D eigenvalue weighted by atomic mass is 16.5. The van der Waals surface area contributed by atoms with E-state index in [1.165, 1.54) is 5.56 Å². The normalized spacial score (nSPS) is 11.0. The Bertz CT molecular complexity index is 790. The number of aryl methyl sites for hydroxylation is 3. The minimum atomic E-state index is 0.628. The number of aromatic nitrogens is 3. The molecule has 0 radical (unpaired) electrons. The number of hydrogen-bond donors (Lipinski definition) is 0. The number of rotatable bonds is 2. The average Bonchev–Trinajstić information content (AvgIpc) is 2.86. The molecule has 3 aromatic heterocycles. The van der Waals surface area contributed by atoms with E-state index in [-0.39, 0.29) is 0 Å². The molecule has 0 saturated carbocycles. The molecule has 0 saturated heterocycles. The van der Waals surface area contributed by atoms with Gasteiger partial charge in [0.15, 0.2) is 0 Å². The first kappa shape index (κ1) is 12.7. The van der Waals surface area contributed by atoms with Gasteiger partial charge < -0.3 is 4.74 Å². The summed E-state index contributed by atoms with van der Waals surface area (Å²) < 4.78 is 7.23. The van der Waals surface area contributed by atoms with Gasteiger partial charge >= 0.3 is 0 Å². The van der Waals surface area contributed by atoms with E-state index in [1.807, 2.05) is 23.7 Å². The van der Waals surface area contributed by atoms with Crippen LogP contribution in [-0.4, -0.2) is 21.7 Å². The van der Waals surface area contributed by atoms with Crippen molar-refractivity contribution >= 4 is 5.52 Å². The van der Waals surface area contributed by atoms with Crippen LogP contribution in [0, 0.1) is 20.8 Å². The molecule has 0 amide bonds. The molecule has 0 aliphatic carbocycles. The third-order valence-corrected chi connectivity index (χ3v) is 3.64. The Morgan fingerprint density at radius 2 is 1.90 bits per heavy atom. The minimum Gasteiger partial charge on any atom is -0.481 e. The third kappa shape index (κ3) is 1.93. The van der Waals surface area contributed by atoms with Crippen LogP contribution in [0.2, 0.25) is 0 Å². The van der Waals surface area contributed by atoms with Crippen LogP contribution in [0.4, 0.5) is 0 Å². The lowest BCUT2D eigenvalue weighted by molar-refractivity contribution is 0.397. The lowest BCUT2D eigenvalue weighted by Crippen LogP contribution is -1.95. The van der Waals surface area contributed by atoms with Crippen LogP contribution in [-0.2, 0) is 0 Å². The Balaban J connectivity index is 2.25. The highest BCUT2D eigenvalue weighted by Crippen LogP contribution is 2.28. The molecule has 3 aromatic rings. The number of pyridine rings is 2. The summed E-state index contributed by atoms with van der Waals surface area (Å²) >= 11 is 0. The zero-order chi connectivity index (χ0) is 14.3. The van der Waals surface area contributed by atoms with Crippen LogP contribution in [0.3, 0.4) is 0 Å². The Morgan fingerprint density at radius 1 is 1.10 bits per heavy atom. The molecule has 0 aliphatic heterocycles. The van der Waals surface area contributed by atoms with Crippen molar-refractivity contribution in [3.05, 3.63) is 47.4 Å². The van der Waals surface area contributed by atoms with Crippen LogP contribution in [0.25, 0.3) is 16.6 Å². The predicted molar refractivity (Wildman–Crippen MR) is 79.2 cm³/mol. The summed E-state index contributed by atoms with van der Waals surface area (Å²) in [5.41, 5.74) is 6.59. The molecule has 0 unspecified atom stereocenters. The first-order valence-electron chi connectivity index (χ1n) is 6.57. The van der Waals surface area contributed by atoms with Gasteiger partial charge in [-0.2, -0.15) is 5.10 Å². The monoisotopic (exact) mass is 267 g/mol. The van der Waals surface area contributed by atoms with Gasteiger partial charge in [0.05, 0.1) is 18.8 Å². The van der Waals surface area contributed by atoms with Gasteiger partial charge in [-0.3, -0.25) is 0 Å². The fraction of sp³-hybridized carbons (Fsp3) is 0.250. The summed E-state index contributed by atoms with van der Waals surface area (Å²) in [6.07, 6.45) is 1.90. The van der Waals surface area contributed by atoms with E-state index in [2.05, 4.69) is 42.1 Å². The van der Waals surface area contributed by atoms with Gasteiger partial charge in [0.25, 0.3) is 0 Å². The molecule has 4 nitrogen and oxygen atoms in total. The van der Waals surface area contributed by atoms with Crippen LogP contribution in [0.1, 0.15) is 17.0 Å². The smallest absolute Gasteiger partial charge is 0.213 e.